The fraction of sp³-hybridized carbons (Fsp3) is 0.909. The average Bonchev–Trinajstić information content (AvgIpc) is 2.14. The molecule has 0 aromatic heterocycles. The Labute approximate surface area is 90.9 Å². The van der Waals surface area contributed by atoms with Crippen molar-refractivity contribution in [3.8, 4) is 0 Å². The number of rotatable bonds is 6. The summed E-state index contributed by atoms with van der Waals surface area (Å²) in [5.41, 5.74) is 0. The molecule has 0 aromatic rings. The van der Waals surface area contributed by atoms with Gasteiger partial charge in [-0.05, 0) is 20.8 Å². The lowest BCUT2D eigenvalue weighted by molar-refractivity contribution is -0.290. The van der Waals surface area contributed by atoms with Crippen LogP contribution in [-0.2, 0) is 19.0 Å². The Morgan fingerprint density at radius 3 is 2.07 bits per heavy atom. The highest BCUT2D eigenvalue weighted by molar-refractivity contribution is 5.73. The Balaban J connectivity index is 2.39. The summed E-state index contributed by atoms with van der Waals surface area (Å²) >= 11 is 0. The molecule has 1 rings (SSSR count). The first-order chi connectivity index (χ1) is 7.17. The van der Waals surface area contributed by atoms with Crippen LogP contribution >= 0.6 is 0 Å². The number of ether oxygens (including phenoxy) is 3. The number of esters is 1. The molecule has 0 spiro atoms. The molecular weight excluding hydrogens is 196 g/mol. The molecule has 15 heavy (non-hydrogen) atoms. The summed E-state index contributed by atoms with van der Waals surface area (Å²) in [7, 11) is 0. The normalized spacial score (nSPS) is 19.7. The molecule has 0 aliphatic heterocycles. The molecule has 4 heteroatoms. The van der Waals surface area contributed by atoms with E-state index in [2.05, 4.69) is 0 Å². The first-order valence-electron chi connectivity index (χ1n) is 5.62. The van der Waals surface area contributed by atoms with Gasteiger partial charge in [-0.15, -0.1) is 0 Å². The summed E-state index contributed by atoms with van der Waals surface area (Å²) in [6.45, 7) is 7.32. The summed E-state index contributed by atoms with van der Waals surface area (Å²) in [5.74, 6) is -0.712. The predicted octanol–water partition coefficient (Wildman–Crippen LogP) is 1.73. The van der Waals surface area contributed by atoms with Gasteiger partial charge >= 0.3 is 5.97 Å². The van der Waals surface area contributed by atoms with Crippen molar-refractivity contribution in [3.63, 3.8) is 0 Å². The molecule has 0 bridgehead atoms. The third-order valence-electron chi connectivity index (χ3n) is 2.55. The molecule has 0 aromatic carbocycles. The Hall–Kier alpha value is -0.610. The molecule has 1 aliphatic carbocycles. The van der Waals surface area contributed by atoms with Crippen molar-refractivity contribution in [1.82, 2.24) is 0 Å². The van der Waals surface area contributed by atoms with E-state index in [9.17, 15) is 4.79 Å². The van der Waals surface area contributed by atoms with Crippen LogP contribution in [0.15, 0.2) is 0 Å². The number of hydrogen-bond acceptors (Lipinski definition) is 4. The van der Waals surface area contributed by atoms with E-state index in [1.807, 2.05) is 20.8 Å². The van der Waals surface area contributed by atoms with Gasteiger partial charge in [-0.1, -0.05) is 0 Å². The molecule has 1 fully saturated rings. The lowest BCUT2D eigenvalue weighted by Gasteiger charge is -2.45. The van der Waals surface area contributed by atoms with Gasteiger partial charge in [-0.25, -0.2) is 0 Å². The maximum absolute atomic E-state index is 11.4. The van der Waals surface area contributed by atoms with E-state index >= 15 is 0 Å². The standard InChI is InChI=1S/C11H20O4/c1-4-13-10(12)9-7-11(8-9,14-5-2)15-6-3/h9H,4-8H2,1-3H3. The monoisotopic (exact) mass is 216 g/mol. The Morgan fingerprint density at radius 2 is 1.67 bits per heavy atom. The highest BCUT2D eigenvalue weighted by Gasteiger charge is 2.50. The van der Waals surface area contributed by atoms with Crippen molar-refractivity contribution < 1.29 is 19.0 Å². The van der Waals surface area contributed by atoms with E-state index in [1.165, 1.54) is 0 Å². The summed E-state index contributed by atoms with van der Waals surface area (Å²) in [6, 6.07) is 0. The summed E-state index contributed by atoms with van der Waals surface area (Å²) in [6.07, 6.45) is 1.24. The first kappa shape index (κ1) is 12.5. The summed E-state index contributed by atoms with van der Waals surface area (Å²) in [5, 5.41) is 0. The van der Waals surface area contributed by atoms with Gasteiger partial charge in [0.05, 0.1) is 12.5 Å². The predicted molar refractivity (Wildman–Crippen MR) is 55.3 cm³/mol. The molecule has 0 amide bonds. The van der Waals surface area contributed by atoms with Crippen LogP contribution < -0.4 is 0 Å². The van der Waals surface area contributed by atoms with Gasteiger partial charge in [-0.3, -0.25) is 4.79 Å². The second kappa shape index (κ2) is 5.47. The second-order valence-electron chi connectivity index (χ2n) is 3.63. The highest BCUT2D eigenvalue weighted by atomic mass is 16.7. The molecule has 1 saturated carbocycles. The van der Waals surface area contributed by atoms with Crippen molar-refractivity contribution in [1.29, 1.82) is 0 Å². The van der Waals surface area contributed by atoms with E-state index in [0.717, 1.165) is 0 Å². The highest BCUT2D eigenvalue weighted by Crippen LogP contribution is 2.42. The SMILES string of the molecule is CCOC(=O)C1CC(OCC)(OCC)C1. The van der Waals surface area contributed by atoms with Gasteiger partial charge in [0.2, 0.25) is 0 Å². The molecule has 0 atom stereocenters. The van der Waals surface area contributed by atoms with Crippen molar-refractivity contribution >= 4 is 5.97 Å². The fourth-order valence-electron chi connectivity index (χ4n) is 1.92. The van der Waals surface area contributed by atoms with Crippen LogP contribution in [-0.4, -0.2) is 31.6 Å². The van der Waals surface area contributed by atoms with Crippen LogP contribution in [0.2, 0.25) is 0 Å². The van der Waals surface area contributed by atoms with Gasteiger partial charge in [0.25, 0.3) is 0 Å². The number of hydrogen-bond donors (Lipinski definition) is 0. The molecular formula is C11H20O4. The van der Waals surface area contributed by atoms with Crippen LogP contribution in [0.4, 0.5) is 0 Å². The third kappa shape index (κ3) is 2.92. The quantitative estimate of drug-likeness (QED) is 0.501. The fourth-order valence-corrected chi connectivity index (χ4v) is 1.92. The zero-order valence-corrected chi connectivity index (χ0v) is 9.75. The van der Waals surface area contributed by atoms with E-state index in [4.69, 9.17) is 14.2 Å². The van der Waals surface area contributed by atoms with Crippen molar-refractivity contribution in [2.45, 2.75) is 39.4 Å². The van der Waals surface area contributed by atoms with Crippen LogP contribution in [0.25, 0.3) is 0 Å². The van der Waals surface area contributed by atoms with Crippen LogP contribution in [0.1, 0.15) is 33.6 Å². The Kier molecular flexibility index (Phi) is 4.54. The van der Waals surface area contributed by atoms with Crippen molar-refractivity contribution in [2.24, 2.45) is 5.92 Å². The smallest absolute Gasteiger partial charge is 0.309 e. The zero-order valence-electron chi connectivity index (χ0n) is 9.75. The van der Waals surface area contributed by atoms with Gasteiger partial charge in [0, 0.05) is 26.1 Å². The molecule has 4 nitrogen and oxygen atoms in total. The van der Waals surface area contributed by atoms with E-state index in [1.54, 1.807) is 0 Å². The largest absolute Gasteiger partial charge is 0.466 e. The summed E-state index contributed by atoms with van der Waals surface area (Å²) < 4.78 is 16.0. The molecule has 0 N–H and O–H groups in total. The lowest BCUT2D eigenvalue weighted by Crippen LogP contribution is -2.51. The average molecular weight is 216 g/mol. The van der Waals surface area contributed by atoms with Gasteiger partial charge in [-0.2, -0.15) is 0 Å². The van der Waals surface area contributed by atoms with E-state index in [0.29, 0.717) is 32.7 Å². The maximum Gasteiger partial charge on any atom is 0.309 e. The van der Waals surface area contributed by atoms with Crippen LogP contribution in [0.3, 0.4) is 0 Å². The Morgan fingerprint density at radius 1 is 1.13 bits per heavy atom. The number of carbonyl (C=O) groups is 1. The molecule has 1 aliphatic rings. The van der Waals surface area contributed by atoms with Crippen LogP contribution in [0, 0.1) is 5.92 Å². The second-order valence-corrected chi connectivity index (χ2v) is 3.63. The number of carbonyl (C=O) groups excluding carboxylic acids is 1. The third-order valence-corrected chi connectivity index (χ3v) is 2.55. The van der Waals surface area contributed by atoms with Gasteiger partial charge in [0.15, 0.2) is 5.79 Å². The topological polar surface area (TPSA) is 44.8 Å². The van der Waals surface area contributed by atoms with E-state index < -0.39 is 5.79 Å². The first-order valence-corrected chi connectivity index (χ1v) is 5.62. The minimum Gasteiger partial charge on any atom is -0.466 e. The van der Waals surface area contributed by atoms with Gasteiger partial charge < -0.3 is 14.2 Å². The van der Waals surface area contributed by atoms with Crippen molar-refractivity contribution in [2.75, 3.05) is 19.8 Å². The van der Waals surface area contributed by atoms with Crippen molar-refractivity contribution in [3.05, 3.63) is 0 Å². The molecule has 0 heterocycles. The zero-order chi connectivity index (χ0) is 11.3. The summed E-state index contributed by atoms with van der Waals surface area (Å²) in [4.78, 5) is 11.4. The minimum absolute atomic E-state index is 0.0527. The minimum atomic E-state index is -0.527. The molecule has 0 saturated heterocycles. The lowest BCUT2D eigenvalue weighted by atomic mass is 9.78. The maximum atomic E-state index is 11.4. The molecule has 0 radical (unpaired) electrons. The van der Waals surface area contributed by atoms with Crippen LogP contribution in [0.5, 0.6) is 0 Å². The molecule has 0 unspecified atom stereocenters. The molecule has 88 valence electrons. The van der Waals surface area contributed by atoms with E-state index in [-0.39, 0.29) is 11.9 Å². The van der Waals surface area contributed by atoms with Gasteiger partial charge in [0.1, 0.15) is 0 Å². The Bertz CT molecular complexity index is 201.